The lowest BCUT2D eigenvalue weighted by Crippen LogP contribution is -2.39. The minimum Gasteiger partial charge on any atom is -0.491 e. The Morgan fingerprint density at radius 1 is 1.39 bits per heavy atom. The van der Waals surface area contributed by atoms with Crippen molar-refractivity contribution in [1.82, 2.24) is 0 Å². The summed E-state index contributed by atoms with van der Waals surface area (Å²) in [5.74, 6) is -3.17. The van der Waals surface area contributed by atoms with Gasteiger partial charge in [-0.3, -0.25) is 5.41 Å². The Hall–Kier alpha value is -1.14. The molecule has 1 aromatic carbocycles. The average Bonchev–Trinajstić information content (AvgIpc) is 2.20. The van der Waals surface area contributed by atoms with Gasteiger partial charge < -0.3 is 10.5 Å². The first-order valence-corrected chi connectivity index (χ1v) is 5.46. The van der Waals surface area contributed by atoms with E-state index in [1.165, 1.54) is 18.2 Å². The van der Waals surface area contributed by atoms with E-state index in [0.29, 0.717) is 0 Å². The molecule has 0 amide bonds. The lowest BCUT2D eigenvalue weighted by atomic mass is 10.1. The molecule has 1 aromatic rings. The maximum Gasteiger partial charge on any atom is 0.401 e. The molecule has 0 aliphatic rings. The summed E-state index contributed by atoms with van der Waals surface area (Å²) in [5, 5.41) is 7.29. The maximum absolute atomic E-state index is 12.5. The van der Waals surface area contributed by atoms with Crippen LogP contribution in [0.15, 0.2) is 18.2 Å². The number of nitrogens with two attached hydrogens (primary N) is 1. The normalized spacial score (nSPS) is 13.2. The molecule has 3 N–H and O–H groups in total. The molecule has 0 radical (unpaired) electrons. The third kappa shape index (κ3) is 3.96. The second-order valence-corrected chi connectivity index (χ2v) is 4.28. The first-order chi connectivity index (χ1) is 8.21. The second kappa shape index (κ2) is 5.67. The Labute approximate surface area is 111 Å². The highest BCUT2D eigenvalue weighted by Crippen LogP contribution is 2.31. The summed E-state index contributed by atoms with van der Waals surface area (Å²) < 4.78 is 42.4. The van der Waals surface area contributed by atoms with Crippen molar-refractivity contribution in [2.45, 2.75) is 6.18 Å². The molecule has 0 aliphatic heterocycles. The zero-order chi connectivity index (χ0) is 13.9. The smallest absolute Gasteiger partial charge is 0.401 e. The van der Waals surface area contributed by atoms with Crippen molar-refractivity contribution < 1.29 is 17.9 Å². The number of hydrogen-bond acceptors (Lipinski definition) is 2. The number of alkyl halides is 3. The van der Waals surface area contributed by atoms with Crippen molar-refractivity contribution in [3.63, 3.8) is 0 Å². The van der Waals surface area contributed by atoms with Crippen molar-refractivity contribution >= 4 is 29.0 Å². The zero-order valence-electron chi connectivity index (χ0n) is 8.89. The Balaban J connectivity index is 2.79. The molecule has 1 unspecified atom stereocenters. The van der Waals surface area contributed by atoms with E-state index in [-0.39, 0.29) is 15.8 Å². The van der Waals surface area contributed by atoms with Gasteiger partial charge in [0.2, 0.25) is 0 Å². The van der Waals surface area contributed by atoms with Crippen LogP contribution in [0.3, 0.4) is 0 Å². The van der Waals surface area contributed by atoms with Crippen LogP contribution in [-0.4, -0.2) is 18.6 Å². The van der Waals surface area contributed by atoms with E-state index in [1.54, 1.807) is 0 Å². The standard InChI is InChI=1S/C10H9Cl2F3N2O/c11-5-1-2-7(12)8(3-5)18-4-6(9(16)17)10(13,14)15/h1-3,6H,4H2,(H3,16,17). The number of halogens is 5. The van der Waals surface area contributed by atoms with Crippen LogP contribution in [0.5, 0.6) is 5.75 Å². The SMILES string of the molecule is N=C(N)C(COc1cc(Cl)ccc1Cl)C(F)(F)F. The molecule has 8 heteroatoms. The summed E-state index contributed by atoms with van der Waals surface area (Å²) >= 11 is 11.4. The van der Waals surface area contributed by atoms with Crippen LogP contribution in [0.2, 0.25) is 10.0 Å². The molecule has 3 nitrogen and oxygen atoms in total. The van der Waals surface area contributed by atoms with Gasteiger partial charge in [0.25, 0.3) is 0 Å². The molecule has 0 saturated heterocycles. The fraction of sp³-hybridized carbons (Fsp3) is 0.300. The number of benzene rings is 1. The first kappa shape index (κ1) is 14.9. The number of ether oxygens (including phenoxy) is 1. The van der Waals surface area contributed by atoms with Gasteiger partial charge in [0.1, 0.15) is 24.1 Å². The third-order valence-corrected chi connectivity index (χ3v) is 2.62. The summed E-state index contributed by atoms with van der Waals surface area (Å²) in [7, 11) is 0. The second-order valence-electron chi connectivity index (χ2n) is 3.44. The van der Waals surface area contributed by atoms with E-state index in [0.717, 1.165) is 0 Å². The van der Waals surface area contributed by atoms with Gasteiger partial charge in [-0.25, -0.2) is 0 Å². The van der Waals surface area contributed by atoms with Crippen LogP contribution in [0.4, 0.5) is 13.2 Å². The highest BCUT2D eigenvalue weighted by molar-refractivity contribution is 6.34. The van der Waals surface area contributed by atoms with Crippen LogP contribution in [-0.2, 0) is 0 Å². The van der Waals surface area contributed by atoms with Crippen molar-refractivity contribution in [3.8, 4) is 5.75 Å². The van der Waals surface area contributed by atoms with Gasteiger partial charge in [-0.1, -0.05) is 23.2 Å². The molecule has 0 fully saturated rings. The highest BCUT2D eigenvalue weighted by Gasteiger charge is 2.42. The van der Waals surface area contributed by atoms with Crippen molar-refractivity contribution in [3.05, 3.63) is 28.2 Å². The Morgan fingerprint density at radius 3 is 2.50 bits per heavy atom. The van der Waals surface area contributed by atoms with Crippen molar-refractivity contribution in [2.75, 3.05) is 6.61 Å². The molecule has 0 aliphatic carbocycles. The molecule has 1 atom stereocenters. The van der Waals surface area contributed by atoms with Crippen LogP contribution in [0, 0.1) is 11.3 Å². The van der Waals surface area contributed by atoms with E-state index in [4.69, 9.17) is 39.1 Å². The molecule has 18 heavy (non-hydrogen) atoms. The maximum atomic E-state index is 12.5. The van der Waals surface area contributed by atoms with Gasteiger partial charge in [0, 0.05) is 11.1 Å². The summed E-state index contributed by atoms with van der Waals surface area (Å²) in [5.41, 5.74) is 4.88. The lowest BCUT2D eigenvalue weighted by Gasteiger charge is -2.19. The Bertz CT molecular complexity index is 451. The van der Waals surface area contributed by atoms with Gasteiger partial charge in [0.05, 0.1) is 5.02 Å². The summed E-state index contributed by atoms with van der Waals surface area (Å²) in [4.78, 5) is 0. The Kier molecular flexibility index (Phi) is 4.70. The summed E-state index contributed by atoms with van der Waals surface area (Å²) in [6.07, 6.45) is -4.64. The van der Waals surface area contributed by atoms with Crippen molar-refractivity contribution in [2.24, 2.45) is 11.7 Å². The topological polar surface area (TPSA) is 59.1 Å². The van der Waals surface area contributed by atoms with E-state index in [9.17, 15) is 13.2 Å². The monoisotopic (exact) mass is 300 g/mol. The number of rotatable bonds is 4. The molecule has 1 rings (SSSR count). The minimum absolute atomic E-state index is 0.0136. The fourth-order valence-electron chi connectivity index (χ4n) is 1.12. The van der Waals surface area contributed by atoms with Crippen LogP contribution >= 0.6 is 23.2 Å². The summed E-state index contributed by atoms with van der Waals surface area (Å²) in [6.45, 7) is -0.821. The molecular formula is C10H9Cl2F3N2O. The fourth-order valence-corrected chi connectivity index (χ4v) is 1.46. The van der Waals surface area contributed by atoms with Crippen molar-refractivity contribution in [1.29, 1.82) is 5.41 Å². The van der Waals surface area contributed by atoms with E-state index in [1.807, 2.05) is 0 Å². The lowest BCUT2D eigenvalue weighted by molar-refractivity contribution is -0.162. The van der Waals surface area contributed by atoms with E-state index < -0.39 is 24.5 Å². The number of nitrogens with one attached hydrogen (secondary N) is 1. The molecule has 0 spiro atoms. The minimum atomic E-state index is -4.64. The summed E-state index contributed by atoms with van der Waals surface area (Å²) in [6, 6.07) is 4.16. The van der Waals surface area contributed by atoms with Crippen LogP contribution in [0.25, 0.3) is 0 Å². The Morgan fingerprint density at radius 2 is 2.00 bits per heavy atom. The van der Waals surface area contributed by atoms with Crippen LogP contribution < -0.4 is 10.5 Å². The third-order valence-electron chi connectivity index (χ3n) is 2.07. The molecule has 0 aromatic heterocycles. The zero-order valence-corrected chi connectivity index (χ0v) is 10.4. The highest BCUT2D eigenvalue weighted by atomic mass is 35.5. The predicted octanol–water partition coefficient (Wildman–Crippen LogP) is 3.49. The van der Waals surface area contributed by atoms with Crippen LogP contribution in [0.1, 0.15) is 0 Å². The first-order valence-electron chi connectivity index (χ1n) is 4.70. The van der Waals surface area contributed by atoms with Gasteiger partial charge in [-0.2, -0.15) is 13.2 Å². The largest absolute Gasteiger partial charge is 0.491 e. The average molecular weight is 301 g/mol. The van der Waals surface area contributed by atoms with Gasteiger partial charge >= 0.3 is 6.18 Å². The number of amidine groups is 1. The van der Waals surface area contributed by atoms with E-state index in [2.05, 4.69) is 0 Å². The van der Waals surface area contributed by atoms with Gasteiger partial charge in [-0.05, 0) is 12.1 Å². The molecule has 100 valence electrons. The number of hydrogen-bond donors (Lipinski definition) is 2. The van der Waals surface area contributed by atoms with Gasteiger partial charge in [-0.15, -0.1) is 0 Å². The molecule has 0 heterocycles. The molecule has 0 saturated carbocycles. The van der Waals surface area contributed by atoms with E-state index >= 15 is 0 Å². The quantitative estimate of drug-likeness (QED) is 0.660. The van der Waals surface area contributed by atoms with Gasteiger partial charge in [0.15, 0.2) is 0 Å². The predicted molar refractivity (Wildman–Crippen MR) is 63.4 cm³/mol. The molecule has 0 bridgehead atoms. The molecular weight excluding hydrogens is 292 g/mol.